The van der Waals surface area contributed by atoms with Crippen molar-refractivity contribution in [1.29, 1.82) is 0 Å². The molecule has 344 valence electrons. The normalized spacial score (nSPS) is 17.8. The van der Waals surface area contributed by atoms with E-state index in [0.717, 1.165) is 11.5 Å². The molecular formula is C47H54N6O11S. The van der Waals surface area contributed by atoms with Crippen LogP contribution in [0, 0.1) is 0 Å². The van der Waals surface area contributed by atoms with E-state index in [2.05, 4.69) is 10.6 Å². The van der Waals surface area contributed by atoms with E-state index in [1.807, 2.05) is 0 Å². The number of ketones is 2. The number of methoxy groups -OCH3 is 2. The molecule has 65 heavy (non-hydrogen) atoms. The number of piperidine rings is 2. The molecule has 0 unspecified atom stereocenters. The fraction of sp³-hybridized carbons (Fsp3) is 0.383. The van der Waals surface area contributed by atoms with Gasteiger partial charge in [0.25, 0.3) is 5.91 Å². The largest absolute Gasteiger partial charge is 0.497 e. The molecule has 2 N–H and O–H groups in total. The number of sulfonamides is 1. The van der Waals surface area contributed by atoms with Crippen LogP contribution in [0.15, 0.2) is 102 Å². The smallest absolute Gasteiger partial charge is 0.324 e. The number of nitrogens with zero attached hydrogens (tertiary/aromatic N) is 4. The van der Waals surface area contributed by atoms with Crippen molar-refractivity contribution < 1.29 is 51.3 Å². The standard InChI is InChI=1S/C24H26N2O6S.C23H28N4O5/c1-17(27)19-3-5-21(6-4-19)23(29)25-13-11-24(12-14-25)26(15-16-32-24)33(30,31)22-9-7-20(8-10-22)18(2)28;1-30-19-7-3-17(4-8-19)24-21(28)26-13-11-23(12-14-26)27(15-16-32-23)22(29)25-18-5-9-20(31-2)10-6-18/h3-10H,11-16H2,1-2H3;3-10H,11-16H2,1-2H3,(H,24,28)(H,25,29). The van der Waals surface area contributed by atoms with Crippen LogP contribution in [-0.2, 0) is 19.5 Å². The number of benzene rings is 4. The summed E-state index contributed by atoms with van der Waals surface area (Å²) < 4.78 is 50.4. The van der Waals surface area contributed by atoms with Gasteiger partial charge in [-0.05, 0) is 86.6 Å². The maximum absolute atomic E-state index is 13.4. The number of urea groups is 2. The van der Waals surface area contributed by atoms with E-state index in [9.17, 15) is 32.4 Å². The summed E-state index contributed by atoms with van der Waals surface area (Å²) in [5.41, 5.74) is 1.19. The first-order chi connectivity index (χ1) is 31.2. The van der Waals surface area contributed by atoms with E-state index in [1.54, 1.807) is 102 Å². The summed E-state index contributed by atoms with van der Waals surface area (Å²) in [5.74, 6) is 1.10. The number of Topliss-reactive ketones (excluding diaryl/α,β-unsaturated/α-hetero) is 2. The van der Waals surface area contributed by atoms with Gasteiger partial charge in [-0.25, -0.2) is 18.0 Å². The Kier molecular flexibility index (Phi) is 14.2. The fourth-order valence-electron chi connectivity index (χ4n) is 8.52. The maximum Gasteiger partial charge on any atom is 0.324 e. The molecule has 0 aromatic heterocycles. The zero-order chi connectivity index (χ0) is 46.4. The Balaban J connectivity index is 0.000000194. The molecule has 5 amide bonds. The van der Waals surface area contributed by atoms with Gasteiger partial charge in [0, 0.05) is 93.0 Å². The van der Waals surface area contributed by atoms with Crippen LogP contribution in [0.25, 0.3) is 0 Å². The first-order valence-electron chi connectivity index (χ1n) is 21.4. The van der Waals surface area contributed by atoms with Crippen molar-refractivity contribution >= 4 is 50.9 Å². The second kappa shape index (κ2) is 19.8. The molecule has 4 heterocycles. The van der Waals surface area contributed by atoms with Crippen molar-refractivity contribution in [1.82, 2.24) is 19.0 Å². The topological polar surface area (TPSA) is 193 Å². The van der Waals surface area contributed by atoms with Crippen LogP contribution < -0.4 is 20.1 Å². The van der Waals surface area contributed by atoms with E-state index in [1.165, 1.54) is 42.4 Å². The van der Waals surface area contributed by atoms with Gasteiger partial charge in [-0.15, -0.1) is 0 Å². The lowest BCUT2D eigenvalue weighted by molar-refractivity contribution is -0.0945. The molecule has 4 fully saturated rings. The van der Waals surface area contributed by atoms with E-state index in [0.29, 0.717) is 93.1 Å². The second-order valence-corrected chi connectivity index (χ2v) is 18.0. The summed E-state index contributed by atoms with van der Waals surface area (Å²) in [6, 6.07) is 26.5. The molecular weight excluding hydrogens is 857 g/mol. The van der Waals surface area contributed by atoms with Crippen molar-refractivity contribution in [2.24, 2.45) is 0 Å². The van der Waals surface area contributed by atoms with Crippen molar-refractivity contribution in [3.8, 4) is 11.5 Å². The SMILES string of the molecule is CC(=O)c1ccc(C(=O)N2CCC3(CC2)OCCN3S(=O)(=O)c2ccc(C(C)=O)cc2)cc1.COc1ccc(NC(=O)N2CCC3(CC2)OCCN3C(=O)Nc2ccc(OC)cc2)cc1. The molecule has 0 atom stereocenters. The lowest BCUT2D eigenvalue weighted by Crippen LogP contribution is -2.57. The van der Waals surface area contributed by atoms with Crippen LogP contribution in [0.4, 0.5) is 21.0 Å². The van der Waals surface area contributed by atoms with E-state index in [-0.39, 0.29) is 47.6 Å². The first-order valence-corrected chi connectivity index (χ1v) is 22.9. The third-order valence-electron chi connectivity index (χ3n) is 12.3. The van der Waals surface area contributed by atoms with Crippen LogP contribution in [-0.4, -0.2) is 135 Å². The van der Waals surface area contributed by atoms with Gasteiger partial charge in [0.1, 0.15) is 22.9 Å². The van der Waals surface area contributed by atoms with Gasteiger partial charge in [-0.3, -0.25) is 19.3 Å². The van der Waals surface area contributed by atoms with Gasteiger partial charge in [0.2, 0.25) is 10.0 Å². The molecule has 4 aromatic rings. The Labute approximate surface area is 378 Å². The summed E-state index contributed by atoms with van der Waals surface area (Å²) in [5, 5.41) is 5.84. The van der Waals surface area contributed by atoms with Gasteiger partial charge in [0.15, 0.2) is 11.6 Å². The van der Waals surface area contributed by atoms with Crippen LogP contribution in [0.3, 0.4) is 0 Å². The van der Waals surface area contributed by atoms with Crippen LogP contribution in [0.1, 0.15) is 70.6 Å². The highest BCUT2D eigenvalue weighted by Crippen LogP contribution is 2.39. The third kappa shape index (κ3) is 10.3. The number of anilines is 2. The molecule has 17 nitrogen and oxygen atoms in total. The predicted octanol–water partition coefficient (Wildman–Crippen LogP) is 6.34. The monoisotopic (exact) mass is 910 g/mol. The zero-order valence-corrected chi connectivity index (χ0v) is 37.7. The summed E-state index contributed by atoms with van der Waals surface area (Å²) in [6.07, 6.45) is 1.82. The second-order valence-electron chi connectivity index (χ2n) is 16.1. The quantitative estimate of drug-likeness (QED) is 0.178. The molecule has 0 bridgehead atoms. The van der Waals surface area contributed by atoms with Gasteiger partial charge in [-0.1, -0.05) is 24.3 Å². The number of hydrogen-bond donors (Lipinski definition) is 2. The van der Waals surface area contributed by atoms with Gasteiger partial charge < -0.3 is 39.4 Å². The molecule has 2 spiro atoms. The van der Waals surface area contributed by atoms with E-state index in [4.69, 9.17) is 18.9 Å². The van der Waals surface area contributed by atoms with Gasteiger partial charge >= 0.3 is 12.1 Å². The Morgan fingerprint density at radius 3 is 1.48 bits per heavy atom. The molecule has 0 saturated carbocycles. The molecule has 4 aliphatic heterocycles. The fourth-order valence-corrected chi connectivity index (χ4v) is 10.2. The molecule has 0 aliphatic carbocycles. The van der Waals surface area contributed by atoms with Gasteiger partial charge in [0.05, 0.1) is 32.3 Å². The Morgan fingerprint density at radius 2 is 0.969 bits per heavy atom. The third-order valence-corrected chi connectivity index (χ3v) is 14.2. The number of rotatable bonds is 9. The summed E-state index contributed by atoms with van der Waals surface area (Å²) in [6.45, 7) is 6.10. The molecule has 4 aromatic carbocycles. The minimum Gasteiger partial charge on any atom is -0.497 e. The highest BCUT2D eigenvalue weighted by molar-refractivity contribution is 7.89. The number of likely N-dealkylation sites (tertiary alicyclic amines) is 2. The summed E-state index contributed by atoms with van der Waals surface area (Å²) in [7, 11) is -0.631. The number of ether oxygens (including phenoxy) is 4. The minimum atomic E-state index is -3.83. The van der Waals surface area contributed by atoms with Crippen molar-refractivity contribution in [3.05, 3.63) is 114 Å². The lowest BCUT2D eigenvalue weighted by Gasteiger charge is -2.43. The Morgan fingerprint density at radius 1 is 0.538 bits per heavy atom. The molecule has 4 saturated heterocycles. The number of nitrogens with one attached hydrogen (secondary N) is 2. The molecule has 8 rings (SSSR count). The maximum atomic E-state index is 13.4. The number of hydrogen-bond acceptors (Lipinski definition) is 11. The average Bonchev–Trinajstić information content (AvgIpc) is 3.94. The van der Waals surface area contributed by atoms with E-state index >= 15 is 0 Å². The number of amides is 5. The predicted molar refractivity (Wildman–Crippen MR) is 241 cm³/mol. The zero-order valence-electron chi connectivity index (χ0n) is 36.9. The Bertz CT molecular complexity index is 2470. The minimum absolute atomic E-state index is 0.0653. The first kappa shape index (κ1) is 46.6. The summed E-state index contributed by atoms with van der Waals surface area (Å²) >= 11 is 0. The lowest BCUT2D eigenvalue weighted by atomic mass is 9.99. The molecule has 0 radical (unpaired) electrons. The summed E-state index contributed by atoms with van der Waals surface area (Å²) in [4.78, 5) is 66.8. The average molecular weight is 911 g/mol. The number of carbonyl (C=O) groups is 5. The van der Waals surface area contributed by atoms with Crippen LogP contribution in [0.2, 0.25) is 0 Å². The van der Waals surface area contributed by atoms with Gasteiger partial charge in [-0.2, -0.15) is 4.31 Å². The van der Waals surface area contributed by atoms with Crippen molar-refractivity contribution in [3.63, 3.8) is 0 Å². The number of carbonyl (C=O) groups excluding carboxylic acids is 5. The highest BCUT2D eigenvalue weighted by Gasteiger charge is 2.51. The van der Waals surface area contributed by atoms with Crippen molar-refractivity contribution in [2.75, 3.05) is 77.3 Å². The highest BCUT2D eigenvalue weighted by atomic mass is 32.2. The Hall–Kier alpha value is -6.34. The van der Waals surface area contributed by atoms with Crippen LogP contribution in [0.5, 0.6) is 11.5 Å². The molecule has 18 heteroatoms. The molecule has 4 aliphatic rings. The van der Waals surface area contributed by atoms with Crippen molar-refractivity contribution in [2.45, 2.75) is 55.9 Å². The van der Waals surface area contributed by atoms with E-state index < -0.39 is 21.5 Å². The van der Waals surface area contributed by atoms with Crippen LogP contribution >= 0.6 is 0 Å².